The van der Waals surface area contributed by atoms with Gasteiger partial charge in [0.2, 0.25) is 0 Å². The molecule has 0 aliphatic carbocycles. The van der Waals surface area contributed by atoms with Gasteiger partial charge in [0, 0.05) is 19.6 Å². The van der Waals surface area contributed by atoms with E-state index in [1.165, 1.54) is 24.1 Å². The fourth-order valence-corrected chi connectivity index (χ4v) is 2.59. The van der Waals surface area contributed by atoms with E-state index in [1.807, 2.05) is 0 Å². The van der Waals surface area contributed by atoms with Crippen molar-refractivity contribution in [2.75, 3.05) is 12.3 Å². The molecular formula is C13H19NS. The first kappa shape index (κ1) is 11.0. The summed E-state index contributed by atoms with van der Waals surface area (Å²) < 4.78 is 0. The van der Waals surface area contributed by atoms with E-state index >= 15 is 0 Å². The van der Waals surface area contributed by atoms with Crippen molar-refractivity contribution in [3.05, 3.63) is 35.4 Å². The van der Waals surface area contributed by atoms with Crippen LogP contribution < -0.4 is 0 Å². The predicted octanol–water partition coefficient (Wildman–Crippen LogP) is 2.96. The van der Waals surface area contributed by atoms with Crippen LogP contribution >= 0.6 is 12.6 Å². The highest BCUT2D eigenvalue weighted by molar-refractivity contribution is 7.80. The summed E-state index contributed by atoms with van der Waals surface area (Å²) in [4.78, 5) is 2.54. The molecule has 0 aromatic heterocycles. The van der Waals surface area contributed by atoms with Gasteiger partial charge in [-0.3, -0.25) is 4.90 Å². The molecule has 1 heterocycles. The van der Waals surface area contributed by atoms with Crippen molar-refractivity contribution in [1.29, 1.82) is 0 Å². The van der Waals surface area contributed by atoms with Gasteiger partial charge in [0.25, 0.3) is 0 Å². The SMILES string of the molecule is CCC(CS)CN1Cc2ccccc2C1. The highest BCUT2D eigenvalue weighted by Crippen LogP contribution is 2.23. The molecule has 1 aliphatic rings. The summed E-state index contributed by atoms with van der Waals surface area (Å²) >= 11 is 4.40. The quantitative estimate of drug-likeness (QED) is 0.765. The van der Waals surface area contributed by atoms with E-state index in [4.69, 9.17) is 0 Å². The summed E-state index contributed by atoms with van der Waals surface area (Å²) in [6.45, 7) is 5.69. The maximum Gasteiger partial charge on any atom is 0.0240 e. The van der Waals surface area contributed by atoms with Crippen LogP contribution in [0.2, 0.25) is 0 Å². The monoisotopic (exact) mass is 221 g/mol. The second kappa shape index (κ2) is 5.04. The average molecular weight is 221 g/mol. The largest absolute Gasteiger partial charge is 0.295 e. The molecule has 1 nitrogen and oxygen atoms in total. The van der Waals surface area contributed by atoms with Crippen molar-refractivity contribution >= 4 is 12.6 Å². The van der Waals surface area contributed by atoms with E-state index in [9.17, 15) is 0 Å². The van der Waals surface area contributed by atoms with E-state index in [1.54, 1.807) is 0 Å². The van der Waals surface area contributed by atoms with Gasteiger partial charge < -0.3 is 0 Å². The lowest BCUT2D eigenvalue weighted by atomic mass is 10.1. The van der Waals surface area contributed by atoms with E-state index in [-0.39, 0.29) is 0 Å². The lowest BCUT2D eigenvalue weighted by Crippen LogP contribution is -2.25. The summed E-state index contributed by atoms with van der Waals surface area (Å²) in [5, 5.41) is 0. The number of nitrogens with zero attached hydrogens (tertiary/aromatic N) is 1. The minimum atomic E-state index is 0.739. The van der Waals surface area contributed by atoms with Crippen LogP contribution in [0.3, 0.4) is 0 Å². The molecule has 1 aromatic rings. The number of fused-ring (bicyclic) bond motifs is 1. The predicted molar refractivity (Wildman–Crippen MR) is 68.2 cm³/mol. The summed E-state index contributed by atoms with van der Waals surface area (Å²) in [6, 6.07) is 8.77. The summed E-state index contributed by atoms with van der Waals surface area (Å²) in [6.07, 6.45) is 1.23. The van der Waals surface area contributed by atoms with Crippen molar-refractivity contribution in [2.45, 2.75) is 26.4 Å². The summed E-state index contributed by atoms with van der Waals surface area (Å²) in [5.41, 5.74) is 3.01. The molecule has 2 rings (SSSR count). The fourth-order valence-electron chi connectivity index (χ4n) is 2.21. The van der Waals surface area contributed by atoms with Gasteiger partial charge >= 0.3 is 0 Å². The van der Waals surface area contributed by atoms with Crippen molar-refractivity contribution < 1.29 is 0 Å². The Labute approximate surface area is 97.9 Å². The fraction of sp³-hybridized carbons (Fsp3) is 0.538. The van der Waals surface area contributed by atoms with E-state index in [0.29, 0.717) is 0 Å². The second-order valence-corrected chi connectivity index (χ2v) is 4.76. The molecule has 82 valence electrons. The van der Waals surface area contributed by atoms with Crippen LogP contribution in [-0.4, -0.2) is 17.2 Å². The molecular weight excluding hydrogens is 202 g/mol. The molecule has 0 saturated carbocycles. The Kier molecular flexibility index (Phi) is 3.71. The smallest absolute Gasteiger partial charge is 0.0240 e. The highest BCUT2D eigenvalue weighted by atomic mass is 32.1. The third kappa shape index (κ3) is 2.56. The standard InChI is InChI=1S/C13H19NS/c1-2-11(10-15)7-14-8-12-5-3-4-6-13(12)9-14/h3-6,11,15H,2,7-10H2,1H3. The van der Waals surface area contributed by atoms with Gasteiger partial charge in [-0.05, 0) is 22.8 Å². The first-order valence-electron chi connectivity index (χ1n) is 5.73. The maximum atomic E-state index is 4.40. The number of rotatable bonds is 4. The molecule has 0 radical (unpaired) electrons. The van der Waals surface area contributed by atoms with Crippen molar-refractivity contribution in [3.63, 3.8) is 0 Å². The van der Waals surface area contributed by atoms with Crippen LogP contribution in [-0.2, 0) is 13.1 Å². The average Bonchev–Trinajstić information content (AvgIpc) is 2.68. The number of benzene rings is 1. The van der Waals surface area contributed by atoms with Crippen LogP contribution in [0.5, 0.6) is 0 Å². The van der Waals surface area contributed by atoms with E-state index < -0.39 is 0 Å². The molecule has 0 amide bonds. The Morgan fingerprint density at radius 2 is 1.87 bits per heavy atom. The third-order valence-electron chi connectivity index (χ3n) is 3.26. The summed E-state index contributed by atoms with van der Waals surface area (Å²) in [5.74, 6) is 1.74. The van der Waals surface area contributed by atoms with Gasteiger partial charge in [0.1, 0.15) is 0 Å². The van der Waals surface area contributed by atoms with Gasteiger partial charge in [-0.25, -0.2) is 0 Å². The van der Waals surface area contributed by atoms with Gasteiger partial charge in [-0.1, -0.05) is 37.6 Å². The first-order chi connectivity index (χ1) is 7.33. The Balaban J connectivity index is 1.95. The molecule has 1 atom stereocenters. The lowest BCUT2D eigenvalue weighted by Gasteiger charge is -2.20. The minimum Gasteiger partial charge on any atom is -0.295 e. The van der Waals surface area contributed by atoms with Crippen LogP contribution in [0, 0.1) is 5.92 Å². The van der Waals surface area contributed by atoms with Crippen LogP contribution in [0.15, 0.2) is 24.3 Å². The molecule has 1 aliphatic heterocycles. The van der Waals surface area contributed by atoms with Gasteiger partial charge in [0.15, 0.2) is 0 Å². The molecule has 1 unspecified atom stereocenters. The second-order valence-electron chi connectivity index (χ2n) is 4.40. The Morgan fingerprint density at radius 3 is 2.33 bits per heavy atom. The number of hydrogen-bond acceptors (Lipinski definition) is 2. The third-order valence-corrected chi connectivity index (χ3v) is 3.77. The minimum absolute atomic E-state index is 0.739. The molecule has 2 heteroatoms. The zero-order valence-corrected chi connectivity index (χ0v) is 10.2. The van der Waals surface area contributed by atoms with Gasteiger partial charge in [0.05, 0.1) is 0 Å². The molecule has 1 aromatic carbocycles. The maximum absolute atomic E-state index is 4.40. The van der Waals surface area contributed by atoms with Crippen molar-refractivity contribution in [1.82, 2.24) is 4.90 Å². The van der Waals surface area contributed by atoms with Gasteiger partial charge in [-0.2, -0.15) is 12.6 Å². The topological polar surface area (TPSA) is 3.24 Å². The number of hydrogen-bond donors (Lipinski definition) is 1. The van der Waals surface area contributed by atoms with Gasteiger partial charge in [-0.15, -0.1) is 0 Å². The normalized spacial score (nSPS) is 17.7. The zero-order chi connectivity index (χ0) is 10.7. The molecule has 0 saturated heterocycles. The molecule has 0 fully saturated rings. The Bertz CT molecular complexity index is 295. The Hall–Kier alpha value is -0.470. The molecule has 15 heavy (non-hydrogen) atoms. The van der Waals surface area contributed by atoms with Crippen LogP contribution in [0.4, 0.5) is 0 Å². The summed E-state index contributed by atoms with van der Waals surface area (Å²) in [7, 11) is 0. The highest BCUT2D eigenvalue weighted by Gasteiger charge is 2.19. The van der Waals surface area contributed by atoms with Crippen molar-refractivity contribution in [3.8, 4) is 0 Å². The number of thiol groups is 1. The first-order valence-corrected chi connectivity index (χ1v) is 6.36. The molecule has 0 spiro atoms. The van der Waals surface area contributed by atoms with E-state index in [0.717, 1.165) is 24.8 Å². The van der Waals surface area contributed by atoms with E-state index in [2.05, 4.69) is 48.7 Å². The molecule has 0 N–H and O–H groups in total. The lowest BCUT2D eigenvalue weighted by molar-refractivity contribution is 0.243. The molecule has 0 bridgehead atoms. The zero-order valence-electron chi connectivity index (χ0n) is 9.32. The van der Waals surface area contributed by atoms with Crippen molar-refractivity contribution in [2.24, 2.45) is 5.92 Å². The van der Waals surface area contributed by atoms with Crippen LogP contribution in [0.1, 0.15) is 24.5 Å². The van der Waals surface area contributed by atoms with Crippen LogP contribution in [0.25, 0.3) is 0 Å². The Morgan fingerprint density at radius 1 is 1.27 bits per heavy atom.